The van der Waals surface area contributed by atoms with Crippen LogP contribution in [0.2, 0.25) is 0 Å². The zero-order valence-electron chi connectivity index (χ0n) is 10.3. The van der Waals surface area contributed by atoms with Gasteiger partial charge in [0.1, 0.15) is 5.60 Å². The molecule has 1 fully saturated rings. The van der Waals surface area contributed by atoms with Crippen LogP contribution < -0.4 is 0 Å². The van der Waals surface area contributed by atoms with Crippen molar-refractivity contribution in [3.05, 3.63) is 0 Å². The summed E-state index contributed by atoms with van der Waals surface area (Å²) in [5, 5.41) is 18.5. The summed E-state index contributed by atoms with van der Waals surface area (Å²) in [5.41, 5.74) is -0.592. The van der Waals surface area contributed by atoms with E-state index in [1.165, 1.54) is 4.90 Å². The Kier molecular flexibility index (Phi) is 3.98. The van der Waals surface area contributed by atoms with Crippen molar-refractivity contribution in [2.75, 3.05) is 13.1 Å². The first-order chi connectivity index (χ1) is 7.70. The van der Waals surface area contributed by atoms with Gasteiger partial charge < -0.3 is 19.8 Å². The molecule has 6 nitrogen and oxygen atoms in total. The summed E-state index contributed by atoms with van der Waals surface area (Å²) in [6.07, 6.45) is -1.30. The Hall–Kier alpha value is -1.30. The van der Waals surface area contributed by atoms with Gasteiger partial charge in [-0.1, -0.05) is 0 Å². The van der Waals surface area contributed by atoms with Gasteiger partial charge in [0.2, 0.25) is 0 Å². The molecule has 1 amide bonds. The number of aliphatic hydroxyl groups excluding tert-OH is 1. The van der Waals surface area contributed by atoms with Crippen molar-refractivity contribution in [1.29, 1.82) is 0 Å². The quantitative estimate of drug-likeness (QED) is 0.709. The van der Waals surface area contributed by atoms with Gasteiger partial charge in [-0.2, -0.15) is 0 Å². The van der Waals surface area contributed by atoms with E-state index in [1.807, 2.05) is 0 Å². The monoisotopic (exact) mass is 245 g/mol. The summed E-state index contributed by atoms with van der Waals surface area (Å²) < 4.78 is 5.15. The van der Waals surface area contributed by atoms with Crippen molar-refractivity contribution in [2.24, 2.45) is 5.92 Å². The van der Waals surface area contributed by atoms with Crippen LogP contribution in [0, 0.1) is 5.92 Å². The molecule has 17 heavy (non-hydrogen) atoms. The molecule has 1 heterocycles. The number of carbonyl (C=O) groups is 2. The zero-order chi connectivity index (χ0) is 13.2. The van der Waals surface area contributed by atoms with Crippen molar-refractivity contribution in [1.82, 2.24) is 4.90 Å². The molecule has 1 saturated heterocycles. The number of hydrogen-bond acceptors (Lipinski definition) is 4. The summed E-state index contributed by atoms with van der Waals surface area (Å²) in [5.74, 6) is -1.82. The minimum absolute atomic E-state index is 0.00583. The lowest BCUT2D eigenvalue weighted by molar-refractivity contribution is -0.148. The molecule has 0 radical (unpaired) electrons. The maximum Gasteiger partial charge on any atom is 0.410 e. The van der Waals surface area contributed by atoms with E-state index >= 15 is 0 Å². The third kappa shape index (κ3) is 3.89. The SMILES string of the molecule is CC(C)(C)OC(=O)N1CCC(C(=O)O)C(O)C1. The van der Waals surface area contributed by atoms with Crippen molar-refractivity contribution < 1.29 is 24.5 Å². The summed E-state index contributed by atoms with van der Waals surface area (Å²) in [7, 11) is 0. The minimum atomic E-state index is -1.03. The first-order valence-electron chi connectivity index (χ1n) is 5.59. The van der Waals surface area contributed by atoms with Crippen LogP contribution in [0.1, 0.15) is 27.2 Å². The van der Waals surface area contributed by atoms with Crippen molar-refractivity contribution in [3.63, 3.8) is 0 Å². The van der Waals surface area contributed by atoms with E-state index in [4.69, 9.17) is 9.84 Å². The molecule has 2 atom stereocenters. The van der Waals surface area contributed by atoms with Crippen LogP contribution in [0.25, 0.3) is 0 Å². The normalized spacial score (nSPS) is 25.5. The predicted octanol–water partition coefficient (Wildman–Crippen LogP) is 0.689. The lowest BCUT2D eigenvalue weighted by Crippen LogP contribution is -2.50. The highest BCUT2D eigenvalue weighted by Crippen LogP contribution is 2.20. The van der Waals surface area contributed by atoms with Crippen LogP contribution in [0.15, 0.2) is 0 Å². The van der Waals surface area contributed by atoms with Gasteiger partial charge in [-0.15, -0.1) is 0 Å². The maximum absolute atomic E-state index is 11.7. The van der Waals surface area contributed by atoms with Gasteiger partial charge in [0.05, 0.1) is 18.6 Å². The van der Waals surface area contributed by atoms with E-state index in [0.29, 0.717) is 6.54 Å². The Morgan fingerprint density at radius 2 is 1.94 bits per heavy atom. The molecule has 0 bridgehead atoms. The molecule has 2 unspecified atom stereocenters. The number of carboxylic acid groups (broad SMARTS) is 1. The average Bonchev–Trinajstić information content (AvgIpc) is 2.14. The molecule has 98 valence electrons. The van der Waals surface area contributed by atoms with E-state index in [1.54, 1.807) is 20.8 Å². The highest BCUT2D eigenvalue weighted by Gasteiger charge is 2.35. The highest BCUT2D eigenvalue weighted by molar-refractivity contribution is 5.72. The molecule has 6 heteroatoms. The fourth-order valence-electron chi connectivity index (χ4n) is 1.71. The van der Waals surface area contributed by atoms with Crippen molar-refractivity contribution >= 4 is 12.1 Å². The maximum atomic E-state index is 11.7. The number of carboxylic acids is 1. The smallest absolute Gasteiger partial charge is 0.410 e. The van der Waals surface area contributed by atoms with E-state index in [9.17, 15) is 14.7 Å². The predicted molar refractivity (Wildman–Crippen MR) is 59.6 cm³/mol. The molecule has 1 aliphatic heterocycles. The number of hydrogen-bond donors (Lipinski definition) is 2. The van der Waals surface area contributed by atoms with E-state index < -0.39 is 29.7 Å². The number of rotatable bonds is 1. The van der Waals surface area contributed by atoms with Crippen LogP contribution >= 0.6 is 0 Å². The Morgan fingerprint density at radius 1 is 1.35 bits per heavy atom. The molecule has 1 aliphatic rings. The lowest BCUT2D eigenvalue weighted by Gasteiger charge is -2.34. The molecular formula is C11H19NO5. The lowest BCUT2D eigenvalue weighted by atomic mass is 9.94. The number of amides is 1. The third-order valence-electron chi connectivity index (χ3n) is 2.55. The second-order valence-electron chi connectivity index (χ2n) is 5.23. The number of likely N-dealkylation sites (tertiary alicyclic amines) is 1. The second-order valence-corrected chi connectivity index (χ2v) is 5.23. The fourth-order valence-corrected chi connectivity index (χ4v) is 1.71. The Morgan fingerprint density at radius 3 is 2.35 bits per heavy atom. The number of aliphatic hydroxyl groups is 1. The largest absolute Gasteiger partial charge is 0.481 e. The second kappa shape index (κ2) is 4.91. The van der Waals surface area contributed by atoms with Crippen LogP contribution in [0.3, 0.4) is 0 Å². The summed E-state index contributed by atoms with van der Waals surface area (Å²) >= 11 is 0. The first-order valence-corrected chi connectivity index (χ1v) is 5.59. The van der Waals surface area contributed by atoms with E-state index in [-0.39, 0.29) is 13.0 Å². The van der Waals surface area contributed by atoms with Gasteiger partial charge >= 0.3 is 12.1 Å². The molecule has 0 aromatic heterocycles. The molecule has 1 rings (SSSR count). The number of piperidine rings is 1. The molecule has 0 saturated carbocycles. The average molecular weight is 245 g/mol. The number of carbonyl (C=O) groups excluding carboxylic acids is 1. The van der Waals surface area contributed by atoms with Gasteiger partial charge in [0, 0.05) is 6.54 Å². The van der Waals surface area contributed by atoms with Crippen LogP contribution in [-0.4, -0.2) is 52.0 Å². The Labute approximate surface area is 100 Å². The molecule has 0 aliphatic carbocycles. The number of β-amino-alcohol motifs (C(OH)–C–C–N with tert-alkyl or cyclic N) is 1. The number of aliphatic carboxylic acids is 1. The summed E-state index contributed by atoms with van der Waals surface area (Å²) in [6, 6.07) is 0. The number of nitrogens with zero attached hydrogens (tertiary/aromatic N) is 1. The van der Waals surface area contributed by atoms with Gasteiger partial charge in [-0.3, -0.25) is 4.79 Å². The van der Waals surface area contributed by atoms with Crippen LogP contribution in [0.5, 0.6) is 0 Å². The minimum Gasteiger partial charge on any atom is -0.481 e. The molecule has 2 N–H and O–H groups in total. The molecule has 0 aromatic carbocycles. The molecule has 0 spiro atoms. The molecule has 0 aromatic rings. The highest BCUT2D eigenvalue weighted by atomic mass is 16.6. The molecular weight excluding hydrogens is 226 g/mol. The summed E-state index contributed by atoms with van der Waals surface area (Å²) in [6.45, 7) is 5.57. The standard InChI is InChI=1S/C11H19NO5/c1-11(2,3)17-10(16)12-5-4-7(9(14)15)8(13)6-12/h7-8,13H,4-6H2,1-3H3,(H,14,15). The van der Waals surface area contributed by atoms with Gasteiger partial charge in [-0.25, -0.2) is 4.79 Å². The van der Waals surface area contributed by atoms with Crippen LogP contribution in [0.4, 0.5) is 4.79 Å². The number of ether oxygens (including phenoxy) is 1. The van der Waals surface area contributed by atoms with Gasteiger partial charge in [0.15, 0.2) is 0 Å². The van der Waals surface area contributed by atoms with Crippen molar-refractivity contribution in [3.8, 4) is 0 Å². The first kappa shape index (κ1) is 13.8. The Bertz CT molecular complexity index is 309. The van der Waals surface area contributed by atoms with Crippen LogP contribution in [-0.2, 0) is 9.53 Å². The van der Waals surface area contributed by atoms with Gasteiger partial charge in [0.25, 0.3) is 0 Å². The zero-order valence-corrected chi connectivity index (χ0v) is 10.3. The van der Waals surface area contributed by atoms with E-state index in [2.05, 4.69) is 0 Å². The van der Waals surface area contributed by atoms with Crippen molar-refractivity contribution in [2.45, 2.75) is 38.9 Å². The fraction of sp³-hybridized carbons (Fsp3) is 0.818. The third-order valence-corrected chi connectivity index (χ3v) is 2.55. The Balaban J connectivity index is 2.55. The van der Waals surface area contributed by atoms with E-state index in [0.717, 1.165) is 0 Å². The van der Waals surface area contributed by atoms with Gasteiger partial charge in [-0.05, 0) is 27.2 Å². The summed E-state index contributed by atoms with van der Waals surface area (Å²) in [4.78, 5) is 23.8. The topological polar surface area (TPSA) is 87.1 Å².